The lowest BCUT2D eigenvalue weighted by atomic mass is 9.80. The summed E-state index contributed by atoms with van der Waals surface area (Å²) in [6, 6.07) is 17.2. The van der Waals surface area contributed by atoms with Crippen LogP contribution in [0.1, 0.15) is 52.8 Å². The first-order valence-electron chi connectivity index (χ1n) is 12.1. The molecule has 0 saturated carbocycles. The van der Waals surface area contributed by atoms with Crippen molar-refractivity contribution in [2.24, 2.45) is 0 Å². The van der Waals surface area contributed by atoms with E-state index < -0.39 is 0 Å². The molecule has 2 heteroatoms. The van der Waals surface area contributed by atoms with Gasteiger partial charge in [-0.3, -0.25) is 0 Å². The van der Waals surface area contributed by atoms with Crippen LogP contribution in [0.5, 0.6) is 0 Å². The van der Waals surface area contributed by atoms with Crippen molar-refractivity contribution < 1.29 is 0 Å². The van der Waals surface area contributed by atoms with E-state index in [0.717, 1.165) is 33.8 Å². The molecule has 2 nitrogen and oxygen atoms in total. The second kappa shape index (κ2) is 9.36. The highest BCUT2D eigenvalue weighted by molar-refractivity contribution is 5.95. The monoisotopic (exact) mass is 468 g/mol. The smallest absolute Gasteiger partial charge is 0.0995 e. The molecule has 0 heterocycles. The lowest BCUT2D eigenvalue weighted by Crippen LogP contribution is -2.20. The molecule has 1 aliphatic rings. The molecule has 4 rings (SSSR count). The minimum Gasteiger partial charge on any atom is -0.310 e. The molecule has 0 fully saturated rings. The summed E-state index contributed by atoms with van der Waals surface area (Å²) >= 11 is 0. The van der Waals surface area contributed by atoms with Gasteiger partial charge in [-0.1, -0.05) is 88.2 Å². The van der Waals surface area contributed by atoms with Crippen LogP contribution >= 0.6 is 0 Å². The maximum Gasteiger partial charge on any atom is 0.0995 e. The molecule has 0 aliphatic heterocycles. The van der Waals surface area contributed by atoms with Crippen molar-refractivity contribution in [3.8, 4) is 17.2 Å². The average Bonchev–Trinajstić information content (AvgIpc) is 3.09. The number of nitrogens with zero attached hydrogens (tertiary/aromatic N) is 2. The Balaban J connectivity index is 2.14. The zero-order valence-electron chi connectivity index (χ0n) is 21.7. The Labute approximate surface area is 215 Å². The third kappa shape index (κ3) is 3.74. The summed E-state index contributed by atoms with van der Waals surface area (Å²) in [5.74, 6) is 0. The van der Waals surface area contributed by atoms with Crippen LogP contribution in [0.4, 0.5) is 11.4 Å². The highest BCUT2D eigenvalue weighted by Crippen LogP contribution is 2.54. The first kappa shape index (κ1) is 24.8. The molecule has 36 heavy (non-hydrogen) atoms. The third-order valence-electron chi connectivity index (χ3n) is 7.18. The number of anilines is 2. The molecule has 0 radical (unpaired) electrons. The van der Waals surface area contributed by atoms with Crippen molar-refractivity contribution in [2.75, 3.05) is 4.90 Å². The average molecular weight is 469 g/mol. The Morgan fingerprint density at radius 1 is 0.917 bits per heavy atom. The predicted molar refractivity (Wildman–Crippen MR) is 155 cm³/mol. The van der Waals surface area contributed by atoms with Crippen molar-refractivity contribution in [3.05, 3.63) is 132 Å². The number of benzene rings is 3. The lowest BCUT2D eigenvalue weighted by molar-refractivity contribution is 0.659. The molecule has 0 N–H and O–H groups in total. The number of hydrogen-bond donors (Lipinski definition) is 0. The molecule has 3 aromatic carbocycles. The molecule has 1 aliphatic carbocycles. The largest absolute Gasteiger partial charge is 0.310 e. The highest BCUT2D eigenvalue weighted by atomic mass is 15.1. The molecule has 0 atom stereocenters. The van der Waals surface area contributed by atoms with Gasteiger partial charge in [0.25, 0.3) is 0 Å². The van der Waals surface area contributed by atoms with E-state index in [1.165, 1.54) is 27.8 Å². The Morgan fingerprint density at radius 2 is 1.64 bits per heavy atom. The third-order valence-corrected chi connectivity index (χ3v) is 7.18. The van der Waals surface area contributed by atoms with Gasteiger partial charge in [-0.05, 0) is 77.6 Å². The van der Waals surface area contributed by atoms with Crippen LogP contribution in [0.15, 0.2) is 92.7 Å². The summed E-state index contributed by atoms with van der Waals surface area (Å²) in [6.45, 7) is 25.0. The van der Waals surface area contributed by atoms with Gasteiger partial charge in [0.2, 0.25) is 0 Å². The van der Waals surface area contributed by atoms with Gasteiger partial charge < -0.3 is 4.90 Å². The SMILES string of the molecule is C=C/C=C(\C=C)N(c1ccc(C)c(C#N)c1)c1cc2c(c(C=C)c1C=C)-c1ccc(C)cc1C2(C)C. The lowest BCUT2D eigenvalue weighted by Gasteiger charge is -2.31. The summed E-state index contributed by atoms with van der Waals surface area (Å²) in [6.07, 6.45) is 9.32. The normalized spacial score (nSPS) is 13.2. The van der Waals surface area contributed by atoms with Gasteiger partial charge in [0.1, 0.15) is 0 Å². The van der Waals surface area contributed by atoms with Gasteiger partial charge in [-0.15, -0.1) is 0 Å². The molecule has 0 amide bonds. The fraction of sp³-hybridized carbons (Fsp3) is 0.147. The minimum atomic E-state index is -0.198. The Morgan fingerprint density at radius 3 is 2.25 bits per heavy atom. The topological polar surface area (TPSA) is 27.0 Å². The fourth-order valence-corrected chi connectivity index (χ4v) is 5.29. The van der Waals surface area contributed by atoms with Crippen molar-refractivity contribution >= 4 is 23.5 Å². The number of aryl methyl sites for hydroxylation is 2. The maximum absolute atomic E-state index is 9.75. The summed E-state index contributed by atoms with van der Waals surface area (Å²) in [5, 5.41) is 9.75. The first-order valence-corrected chi connectivity index (χ1v) is 12.1. The number of nitriles is 1. The second-order valence-corrected chi connectivity index (χ2v) is 9.71. The Kier molecular flexibility index (Phi) is 6.44. The fourth-order valence-electron chi connectivity index (χ4n) is 5.29. The number of rotatable bonds is 7. The molecule has 178 valence electrons. The molecule has 0 saturated heterocycles. The van der Waals surface area contributed by atoms with E-state index in [9.17, 15) is 5.26 Å². The van der Waals surface area contributed by atoms with Crippen molar-refractivity contribution in [1.82, 2.24) is 0 Å². The van der Waals surface area contributed by atoms with E-state index in [1.54, 1.807) is 6.08 Å². The summed E-state index contributed by atoms with van der Waals surface area (Å²) < 4.78 is 0. The van der Waals surface area contributed by atoms with Crippen molar-refractivity contribution in [1.29, 1.82) is 5.26 Å². The molecule has 0 unspecified atom stereocenters. The van der Waals surface area contributed by atoms with E-state index in [4.69, 9.17) is 0 Å². The standard InChI is InChI=1S/C34H32N2/c1-9-13-25(10-2)36(26-16-15-23(6)24(19-26)21-35)32-20-31-33(28(12-4)27(32)11-3)29-17-14-22(5)18-30(29)34(31,7)8/h9-20H,1-4H2,5-8H3/b25-13+. The minimum absolute atomic E-state index is 0.198. The first-order chi connectivity index (χ1) is 17.2. The second-order valence-electron chi connectivity index (χ2n) is 9.71. The molecule has 0 spiro atoms. The van der Waals surface area contributed by atoms with E-state index in [2.05, 4.69) is 82.3 Å². The predicted octanol–water partition coefficient (Wildman–Crippen LogP) is 9.16. The number of fused-ring (bicyclic) bond motifs is 3. The van der Waals surface area contributed by atoms with Crippen molar-refractivity contribution in [2.45, 2.75) is 33.1 Å². The maximum atomic E-state index is 9.75. The zero-order valence-corrected chi connectivity index (χ0v) is 21.7. The van der Waals surface area contributed by atoms with Crippen LogP contribution in [0.25, 0.3) is 23.3 Å². The number of allylic oxidation sites excluding steroid dienone is 3. The van der Waals surface area contributed by atoms with Gasteiger partial charge in [-0.25, -0.2) is 0 Å². The molecular weight excluding hydrogens is 436 g/mol. The van der Waals surface area contributed by atoms with Crippen molar-refractivity contribution in [3.63, 3.8) is 0 Å². The summed E-state index contributed by atoms with van der Waals surface area (Å²) in [7, 11) is 0. The van der Waals surface area contributed by atoms with Crippen LogP contribution in [0, 0.1) is 25.2 Å². The molecule has 3 aromatic rings. The van der Waals surface area contributed by atoms with Gasteiger partial charge in [0.15, 0.2) is 0 Å². The van der Waals surface area contributed by atoms with Crippen LogP contribution in [-0.2, 0) is 5.41 Å². The van der Waals surface area contributed by atoms with E-state index >= 15 is 0 Å². The zero-order chi connectivity index (χ0) is 26.2. The Hall–Kier alpha value is -4.35. The summed E-state index contributed by atoms with van der Waals surface area (Å²) in [5.41, 5.74) is 12.3. The highest BCUT2D eigenvalue weighted by Gasteiger charge is 2.38. The molecule has 0 aromatic heterocycles. The van der Waals surface area contributed by atoms with E-state index in [1.807, 2.05) is 49.4 Å². The van der Waals surface area contributed by atoms with Crippen LogP contribution in [0.2, 0.25) is 0 Å². The van der Waals surface area contributed by atoms with Crippen LogP contribution in [-0.4, -0.2) is 0 Å². The van der Waals surface area contributed by atoms with Gasteiger partial charge in [0, 0.05) is 22.4 Å². The van der Waals surface area contributed by atoms with E-state index in [-0.39, 0.29) is 5.41 Å². The Bertz CT molecular complexity index is 1510. The van der Waals surface area contributed by atoms with Gasteiger partial charge >= 0.3 is 0 Å². The van der Waals surface area contributed by atoms with Crippen LogP contribution < -0.4 is 4.90 Å². The van der Waals surface area contributed by atoms with Gasteiger partial charge in [0.05, 0.1) is 17.3 Å². The van der Waals surface area contributed by atoms with E-state index in [0.29, 0.717) is 5.56 Å². The van der Waals surface area contributed by atoms with Gasteiger partial charge in [-0.2, -0.15) is 5.26 Å². The number of hydrogen-bond acceptors (Lipinski definition) is 2. The van der Waals surface area contributed by atoms with Crippen LogP contribution in [0.3, 0.4) is 0 Å². The quantitative estimate of drug-likeness (QED) is 0.323. The summed E-state index contributed by atoms with van der Waals surface area (Å²) in [4.78, 5) is 2.13. The molecule has 0 bridgehead atoms. The molecular formula is C34H32N2.